The number of fused-ring (bicyclic) bond motifs is 1. The van der Waals surface area contributed by atoms with Gasteiger partial charge in [0.1, 0.15) is 0 Å². The molecule has 0 N–H and O–H groups in total. The fourth-order valence-corrected chi connectivity index (χ4v) is 1.67. The topological polar surface area (TPSA) is 26.3 Å². The van der Waals surface area contributed by atoms with E-state index in [4.69, 9.17) is 11.2 Å². The number of carbonyl (C=O) groups is 1. The Balaban J connectivity index is 0.000000180. The molecule has 2 aliphatic rings. The molecule has 0 heterocycles. The van der Waals surface area contributed by atoms with Crippen molar-refractivity contribution >= 4 is 5.97 Å². The minimum Gasteiger partial charge on any atom is -0.462 e. The van der Waals surface area contributed by atoms with Gasteiger partial charge in [-0.2, -0.15) is 0 Å². The smallest absolute Gasteiger partial charge is 0.339 e. The first-order valence-electron chi connectivity index (χ1n) is 6.09. The van der Waals surface area contributed by atoms with Gasteiger partial charge in [-0.1, -0.05) is 36.3 Å². The molecule has 0 aromatic heterocycles. The summed E-state index contributed by atoms with van der Waals surface area (Å²) in [5.41, 5.74) is 3.87. The number of hydrogen-bond acceptors (Lipinski definition) is 2. The highest BCUT2D eigenvalue weighted by Gasteiger charge is 2.09. The Morgan fingerprint density at radius 1 is 1.16 bits per heavy atom. The summed E-state index contributed by atoms with van der Waals surface area (Å²) in [5.74, 6) is 2.07. The Morgan fingerprint density at radius 3 is 2.32 bits per heavy atom. The van der Waals surface area contributed by atoms with Crippen molar-refractivity contribution in [2.45, 2.75) is 6.92 Å². The standard InChI is InChI=1S/C11H10O2.C6H4/c1-3-9-7-5-6-8-10(9)11(12)13-4-2;1-2-5-4-6(5)3-1/h1,5-8H,4H2,2H3;1-4H. The predicted octanol–water partition coefficient (Wildman–Crippen LogP) is 3.51. The lowest BCUT2D eigenvalue weighted by Crippen LogP contribution is -2.06. The van der Waals surface area contributed by atoms with Crippen LogP contribution in [0.15, 0.2) is 48.5 Å². The maximum atomic E-state index is 11.3. The largest absolute Gasteiger partial charge is 0.462 e. The lowest BCUT2D eigenvalue weighted by Gasteiger charge is -2.02. The molecule has 0 spiro atoms. The van der Waals surface area contributed by atoms with Gasteiger partial charge in [-0.25, -0.2) is 4.79 Å². The fourth-order valence-electron chi connectivity index (χ4n) is 1.67. The van der Waals surface area contributed by atoms with E-state index in [1.54, 1.807) is 31.2 Å². The molecule has 0 aliphatic heterocycles. The lowest BCUT2D eigenvalue weighted by atomic mass is 10.1. The van der Waals surface area contributed by atoms with Gasteiger partial charge < -0.3 is 4.74 Å². The average Bonchev–Trinajstić information content (AvgIpc) is 3.06. The van der Waals surface area contributed by atoms with E-state index in [0.29, 0.717) is 17.7 Å². The minimum atomic E-state index is -0.365. The van der Waals surface area contributed by atoms with Crippen molar-refractivity contribution in [1.29, 1.82) is 0 Å². The van der Waals surface area contributed by atoms with Crippen LogP contribution in [0.25, 0.3) is 11.1 Å². The first-order chi connectivity index (χ1) is 9.26. The first-order valence-corrected chi connectivity index (χ1v) is 6.09. The Hall–Kier alpha value is -2.53. The Morgan fingerprint density at radius 2 is 1.84 bits per heavy atom. The van der Waals surface area contributed by atoms with Gasteiger partial charge in [-0.3, -0.25) is 0 Å². The van der Waals surface area contributed by atoms with Crippen LogP contribution in [0.4, 0.5) is 0 Å². The second kappa shape index (κ2) is 5.88. The molecule has 0 unspecified atom stereocenters. The third-order valence-electron chi connectivity index (χ3n) is 2.69. The summed E-state index contributed by atoms with van der Waals surface area (Å²) in [5, 5.41) is 0. The van der Waals surface area contributed by atoms with Crippen molar-refractivity contribution in [2.24, 2.45) is 0 Å². The molecule has 0 radical (unpaired) electrons. The molecule has 2 heteroatoms. The van der Waals surface area contributed by atoms with Crippen molar-refractivity contribution in [3.05, 3.63) is 59.7 Å². The summed E-state index contributed by atoms with van der Waals surface area (Å²) in [6.07, 6.45) is 5.23. The van der Waals surface area contributed by atoms with Crippen LogP contribution < -0.4 is 0 Å². The van der Waals surface area contributed by atoms with Crippen molar-refractivity contribution in [2.75, 3.05) is 6.61 Å². The van der Waals surface area contributed by atoms with E-state index < -0.39 is 0 Å². The van der Waals surface area contributed by atoms with Crippen molar-refractivity contribution < 1.29 is 9.53 Å². The van der Waals surface area contributed by atoms with E-state index in [0.717, 1.165) is 0 Å². The maximum Gasteiger partial charge on any atom is 0.339 e. The van der Waals surface area contributed by atoms with Gasteiger partial charge in [-0.05, 0) is 36.2 Å². The van der Waals surface area contributed by atoms with Crippen LogP contribution in [0.1, 0.15) is 22.8 Å². The van der Waals surface area contributed by atoms with Gasteiger partial charge in [-0.15, -0.1) is 6.42 Å². The molecule has 0 atom stereocenters. The molecule has 0 saturated heterocycles. The van der Waals surface area contributed by atoms with E-state index in [1.807, 2.05) is 0 Å². The summed E-state index contributed by atoms with van der Waals surface area (Å²) in [6.45, 7) is 2.12. The lowest BCUT2D eigenvalue weighted by molar-refractivity contribution is 0.0526. The Bertz CT molecular complexity index is 618. The summed E-state index contributed by atoms with van der Waals surface area (Å²) in [4.78, 5) is 11.3. The zero-order chi connectivity index (χ0) is 13.7. The van der Waals surface area contributed by atoms with Crippen LogP contribution in [-0.2, 0) is 4.74 Å². The Kier molecular flexibility index (Phi) is 4.00. The number of ether oxygens (including phenoxy) is 1. The molecule has 0 bridgehead atoms. The number of benzene rings is 2. The monoisotopic (exact) mass is 250 g/mol. The van der Waals surface area contributed by atoms with Crippen LogP contribution in [0.5, 0.6) is 0 Å². The molecule has 2 aliphatic carbocycles. The number of terminal acetylenes is 1. The van der Waals surface area contributed by atoms with E-state index >= 15 is 0 Å². The van der Waals surface area contributed by atoms with Gasteiger partial charge in [0.05, 0.1) is 12.2 Å². The molecule has 0 saturated carbocycles. The van der Waals surface area contributed by atoms with E-state index in [-0.39, 0.29) is 5.97 Å². The number of esters is 1. The van der Waals surface area contributed by atoms with Gasteiger partial charge >= 0.3 is 5.97 Å². The molecule has 0 amide bonds. The van der Waals surface area contributed by atoms with Crippen LogP contribution in [-0.4, -0.2) is 12.6 Å². The SMILES string of the molecule is C#Cc1ccccc1C(=O)OCC.c1cc2cc-2c1. The third kappa shape index (κ3) is 3.23. The molecule has 0 fully saturated rings. The van der Waals surface area contributed by atoms with Crippen LogP contribution in [0, 0.1) is 12.3 Å². The molecule has 1 aromatic rings. The Labute approximate surface area is 113 Å². The zero-order valence-corrected chi connectivity index (χ0v) is 10.7. The van der Waals surface area contributed by atoms with Gasteiger partial charge in [0, 0.05) is 5.56 Å². The highest BCUT2D eigenvalue weighted by Crippen LogP contribution is 2.32. The van der Waals surface area contributed by atoms with E-state index in [1.165, 1.54) is 11.1 Å². The third-order valence-corrected chi connectivity index (χ3v) is 2.69. The summed E-state index contributed by atoms with van der Waals surface area (Å²) in [7, 11) is 0. The molecule has 19 heavy (non-hydrogen) atoms. The second-order valence-electron chi connectivity index (χ2n) is 3.99. The minimum absolute atomic E-state index is 0.359. The number of rotatable bonds is 2. The summed E-state index contributed by atoms with van der Waals surface area (Å²) < 4.78 is 4.84. The average molecular weight is 250 g/mol. The summed E-state index contributed by atoms with van der Waals surface area (Å²) >= 11 is 0. The molecule has 2 nitrogen and oxygen atoms in total. The van der Waals surface area contributed by atoms with Gasteiger partial charge in [0.2, 0.25) is 0 Å². The molecule has 94 valence electrons. The van der Waals surface area contributed by atoms with Crippen LogP contribution in [0.2, 0.25) is 0 Å². The number of carbonyl (C=O) groups excluding carboxylic acids is 1. The van der Waals surface area contributed by atoms with Gasteiger partial charge in [0.25, 0.3) is 0 Å². The van der Waals surface area contributed by atoms with Crippen molar-refractivity contribution in [1.82, 2.24) is 0 Å². The highest BCUT2D eigenvalue weighted by molar-refractivity contribution is 5.92. The first kappa shape index (κ1) is 12.9. The van der Waals surface area contributed by atoms with Crippen molar-refractivity contribution in [3.8, 4) is 23.5 Å². The molecular formula is C17H14O2. The zero-order valence-electron chi connectivity index (χ0n) is 10.7. The van der Waals surface area contributed by atoms with E-state index in [2.05, 4.69) is 30.2 Å². The molecule has 1 aromatic carbocycles. The molecule has 3 rings (SSSR count). The van der Waals surface area contributed by atoms with Crippen LogP contribution >= 0.6 is 0 Å². The normalized spacial score (nSPS) is 9.68. The number of hydrogen-bond donors (Lipinski definition) is 0. The highest BCUT2D eigenvalue weighted by atomic mass is 16.5. The summed E-state index contributed by atoms with van der Waals surface area (Å²) in [6, 6.07) is 15.4. The van der Waals surface area contributed by atoms with Gasteiger partial charge in [0.15, 0.2) is 0 Å². The predicted molar refractivity (Wildman–Crippen MR) is 75.8 cm³/mol. The quantitative estimate of drug-likeness (QED) is 0.514. The fraction of sp³-hybridized carbons (Fsp3) is 0.118. The maximum absolute atomic E-state index is 11.3. The van der Waals surface area contributed by atoms with E-state index in [9.17, 15) is 4.79 Å². The van der Waals surface area contributed by atoms with Crippen LogP contribution in [0.3, 0.4) is 0 Å². The second-order valence-corrected chi connectivity index (χ2v) is 3.99. The van der Waals surface area contributed by atoms with Crippen molar-refractivity contribution in [3.63, 3.8) is 0 Å². The molecular weight excluding hydrogens is 236 g/mol.